The minimum absolute atomic E-state index is 0.0221. The minimum Gasteiger partial charge on any atom is -0.481 e. The highest BCUT2D eigenvalue weighted by Gasteiger charge is 2.28. The maximum Gasteiger partial charge on any atom is 0.303 e. The SMILES string of the molecule is CCc1noc2ncc(C(=O)N3CCCCC3CCC(=O)O)cc12. The van der Waals surface area contributed by atoms with Crippen LogP contribution in [0.3, 0.4) is 0 Å². The molecule has 3 heterocycles. The fourth-order valence-electron chi connectivity index (χ4n) is 3.28. The number of amides is 1. The van der Waals surface area contributed by atoms with Crippen LogP contribution < -0.4 is 0 Å². The second-order valence-electron chi connectivity index (χ2n) is 6.14. The Hall–Kier alpha value is -2.44. The van der Waals surface area contributed by atoms with Crippen LogP contribution in [0.1, 0.15) is 55.1 Å². The molecule has 1 aliphatic rings. The van der Waals surface area contributed by atoms with Crippen molar-refractivity contribution in [1.29, 1.82) is 0 Å². The number of aliphatic carboxylic acids is 1. The van der Waals surface area contributed by atoms with Gasteiger partial charge in [-0.15, -0.1) is 0 Å². The molecule has 0 aromatic carbocycles. The fraction of sp³-hybridized carbons (Fsp3) is 0.529. The molecule has 7 heteroatoms. The van der Waals surface area contributed by atoms with Gasteiger partial charge in [-0.3, -0.25) is 9.59 Å². The Morgan fingerprint density at radius 2 is 2.25 bits per heavy atom. The van der Waals surface area contributed by atoms with Crippen molar-refractivity contribution < 1.29 is 19.2 Å². The molecule has 1 N–H and O–H groups in total. The van der Waals surface area contributed by atoms with Gasteiger partial charge in [-0.05, 0) is 38.2 Å². The summed E-state index contributed by atoms with van der Waals surface area (Å²) in [5.74, 6) is -0.921. The number of aryl methyl sites for hydroxylation is 1. The van der Waals surface area contributed by atoms with Crippen molar-refractivity contribution in [3.8, 4) is 0 Å². The number of carbonyl (C=O) groups excluding carboxylic acids is 1. The van der Waals surface area contributed by atoms with Crippen molar-refractivity contribution in [3.05, 3.63) is 23.5 Å². The van der Waals surface area contributed by atoms with Crippen molar-refractivity contribution >= 4 is 23.0 Å². The van der Waals surface area contributed by atoms with Gasteiger partial charge >= 0.3 is 5.97 Å². The molecule has 0 spiro atoms. The molecular formula is C17H21N3O4. The molecule has 3 rings (SSSR count). The second kappa shape index (κ2) is 6.98. The highest BCUT2D eigenvalue weighted by Crippen LogP contribution is 2.25. The van der Waals surface area contributed by atoms with Crippen LogP contribution in [0, 0.1) is 0 Å². The van der Waals surface area contributed by atoms with Crippen molar-refractivity contribution in [2.24, 2.45) is 0 Å². The predicted octanol–water partition coefficient (Wildman–Crippen LogP) is 2.64. The number of carboxylic acid groups (broad SMARTS) is 1. The average Bonchev–Trinajstić information content (AvgIpc) is 3.01. The number of carboxylic acids is 1. The molecule has 7 nitrogen and oxygen atoms in total. The highest BCUT2D eigenvalue weighted by atomic mass is 16.5. The van der Waals surface area contributed by atoms with Gasteiger partial charge in [-0.2, -0.15) is 0 Å². The molecular weight excluding hydrogens is 310 g/mol. The van der Waals surface area contributed by atoms with Crippen molar-refractivity contribution in [1.82, 2.24) is 15.0 Å². The Balaban J connectivity index is 1.84. The Kier molecular flexibility index (Phi) is 4.78. The predicted molar refractivity (Wildman–Crippen MR) is 86.7 cm³/mol. The molecule has 1 atom stereocenters. The van der Waals surface area contributed by atoms with E-state index in [1.54, 1.807) is 11.0 Å². The Bertz CT molecular complexity index is 755. The number of rotatable bonds is 5. The van der Waals surface area contributed by atoms with Crippen LogP contribution >= 0.6 is 0 Å². The van der Waals surface area contributed by atoms with E-state index in [-0.39, 0.29) is 18.4 Å². The lowest BCUT2D eigenvalue weighted by molar-refractivity contribution is -0.137. The molecule has 24 heavy (non-hydrogen) atoms. The van der Waals surface area contributed by atoms with Crippen LogP contribution in [0.4, 0.5) is 0 Å². The topological polar surface area (TPSA) is 96.5 Å². The maximum atomic E-state index is 12.9. The fourth-order valence-corrected chi connectivity index (χ4v) is 3.28. The van der Waals surface area contributed by atoms with Crippen LogP contribution in [0.2, 0.25) is 0 Å². The van der Waals surface area contributed by atoms with Crippen molar-refractivity contribution in [2.45, 2.75) is 51.5 Å². The Labute approximate surface area is 139 Å². The molecule has 2 aromatic heterocycles. The van der Waals surface area contributed by atoms with Crippen LogP contribution in [-0.4, -0.2) is 44.6 Å². The normalized spacial score (nSPS) is 18.0. The summed E-state index contributed by atoms with van der Waals surface area (Å²) in [7, 11) is 0. The van der Waals surface area contributed by atoms with Gasteiger partial charge in [0.05, 0.1) is 16.6 Å². The molecule has 1 fully saturated rings. The van der Waals surface area contributed by atoms with Crippen LogP contribution in [0.5, 0.6) is 0 Å². The molecule has 0 saturated carbocycles. The highest BCUT2D eigenvalue weighted by molar-refractivity contribution is 5.97. The van der Waals surface area contributed by atoms with E-state index in [2.05, 4.69) is 10.1 Å². The molecule has 1 aliphatic heterocycles. The quantitative estimate of drug-likeness (QED) is 0.904. The average molecular weight is 331 g/mol. The number of fused-ring (bicyclic) bond motifs is 1. The van der Waals surface area contributed by atoms with E-state index in [1.807, 2.05) is 6.92 Å². The third-order valence-corrected chi connectivity index (χ3v) is 4.57. The number of carbonyl (C=O) groups is 2. The van der Waals surface area contributed by atoms with Gasteiger partial charge in [0, 0.05) is 25.2 Å². The monoisotopic (exact) mass is 331 g/mol. The summed E-state index contributed by atoms with van der Waals surface area (Å²) >= 11 is 0. The largest absolute Gasteiger partial charge is 0.481 e. The van der Waals surface area contributed by atoms with Gasteiger partial charge in [0.1, 0.15) is 0 Å². The van der Waals surface area contributed by atoms with Gasteiger partial charge in [0.15, 0.2) is 0 Å². The summed E-state index contributed by atoms with van der Waals surface area (Å²) in [6, 6.07) is 1.76. The maximum absolute atomic E-state index is 12.9. The zero-order valence-corrected chi connectivity index (χ0v) is 13.7. The molecule has 0 aliphatic carbocycles. The molecule has 1 amide bonds. The summed E-state index contributed by atoms with van der Waals surface area (Å²) in [5.41, 5.74) is 1.72. The van der Waals surface area contributed by atoms with Crippen LogP contribution in [0.25, 0.3) is 11.1 Å². The molecule has 1 saturated heterocycles. The van der Waals surface area contributed by atoms with Crippen molar-refractivity contribution in [2.75, 3.05) is 6.54 Å². The number of aromatic nitrogens is 2. The number of pyridine rings is 1. The number of hydrogen-bond acceptors (Lipinski definition) is 5. The minimum atomic E-state index is -0.826. The lowest BCUT2D eigenvalue weighted by atomic mass is 9.97. The molecule has 128 valence electrons. The first-order valence-corrected chi connectivity index (χ1v) is 8.37. The lowest BCUT2D eigenvalue weighted by Gasteiger charge is -2.35. The number of piperidine rings is 1. The first kappa shape index (κ1) is 16.4. The second-order valence-corrected chi connectivity index (χ2v) is 6.14. The van der Waals surface area contributed by atoms with Crippen LogP contribution in [0.15, 0.2) is 16.8 Å². The molecule has 0 radical (unpaired) electrons. The van der Waals surface area contributed by atoms with E-state index in [0.29, 0.717) is 30.7 Å². The van der Waals surface area contributed by atoms with Gasteiger partial charge in [0.25, 0.3) is 11.6 Å². The summed E-state index contributed by atoms with van der Waals surface area (Å²) in [4.78, 5) is 29.7. The van der Waals surface area contributed by atoms with E-state index >= 15 is 0 Å². The smallest absolute Gasteiger partial charge is 0.303 e. The first-order valence-electron chi connectivity index (χ1n) is 8.37. The third kappa shape index (κ3) is 3.25. The summed E-state index contributed by atoms with van der Waals surface area (Å²) in [5, 5.41) is 13.6. The standard InChI is InChI=1S/C17H21N3O4/c1-2-14-13-9-11(10-18-16(13)24-19-14)17(23)20-8-4-3-5-12(20)6-7-15(21)22/h9-10,12H,2-8H2,1H3,(H,21,22). The third-order valence-electron chi connectivity index (χ3n) is 4.57. The first-order chi connectivity index (χ1) is 11.6. The number of nitrogens with zero attached hydrogens (tertiary/aromatic N) is 3. The summed E-state index contributed by atoms with van der Waals surface area (Å²) in [6.07, 6.45) is 5.61. The number of hydrogen-bond donors (Lipinski definition) is 1. The lowest BCUT2D eigenvalue weighted by Crippen LogP contribution is -2.44. The van der Waals surface area contributed by atoms with E-state index in [4.69, 9.17) is 9.63 Å². The van der Waals surface area contributed by atoms with Gasteiger partial charge in [-0.1, -0.05) is 12.1 Å². The van der Waals surface area contributed by atoms with Gasteiger partial charge in [-0.25, -0.2) is 4.98 Å². The van der Waals surface area contributed by atoms with Crippen molar-refractivity contribution in [3.63, 3.8) is 0 Å². The Morgan fingerprint density at radius 1 is 1.42 bits per heavy atom. The molecule has 2 aromatic rings. The zero-order valence-electron chi connectivity index (χ0n) is 13.7. The van der Waals surface area contributed by atoms with Gasteiger partial charge in [0.2, 0.25) is 0 Å². The van der Waals surface area contributed by atoms with Crippen LogP contribution in [-0.2, 0) is 11.2 Å². The summed E-state index contributed by atoms with van der Waals surface area (Å²) in [6.45, 7) is 2.63. The van der Waals surface area contributed by atoms with Gasteiger partial charge < -0.3 is 14.5 Å². The summed E-state index contributed by atoms with van der Waals surface area (Å²) < 4.78 is 5.15. The zero-order chi connectivity index (χ0) is 17.1. The Morgan fingerprint density at radius 3 is 3.00 bits per heavy atom. The molecule has 1 unspecified atom stereocenters. The van der Waals surface area contributed by atoms with E-state index < -0.39 is 5.97 Å². The molecule has 0 bridgehead atoms. The van der Waals surface area contributed by atoms with E-state index in [1.165, 1.54) is 6.20 Å². The van der Waals surface area contributed by atoms with E-state index in [0.717, 1.165) is 30.3 Å². The number of likely N-dealkylation sites (tertiary alicyclic amines) is 1. The van der Waals surface area contributed by atoms with E-state index in [9.17, 15) is 9.59 Å².